The minimum absolute atomic E-state index is 0.0178. The van der Waals surface area contributed by atoms with E-state index in [1.165, 1.54) is 12.1 Å². The second kappa shape index (κ2) is 5.21. The van der Waals surface area contributed by atoms with E-state index in [4.69, 9.17) is 0 Å². The topological polar surface area (TPSA) is 46.5 Å². The summed E-state index contributed by atoms with van der Waals surface area (Å²) in [6.07, 6.45) is -3.95. The van der Waals surface area contributed by atoms with Gasteiger partial charge >= 0.3 is 6.36 Å². The fourth-order valence-corrected chi connectivity index (χ4v) is 1.79. The lowest BCUT2D eigenvalue weighted by Crippen LogP contribution is -2.24. The monoisotopic (exact) mass is 274 g/mol. The first kappa shape index (κ1) is 13.9. The van der Waals surface area contributed by atoms with E-state index in [-0.39, 0.29) is 23.9 Å². The Morgan fingerprint density at radius 2 is 1.89 bits per heavy atom. The highest BCUT2D eigenvalue weighted by atomic mass is 19.4. The number of aliphatic hydroxyl groups is 1. The molecule has 19 heavy (non-hydrogen) atoms. The fourth-order valence-electron chi connectivity index (χ4n) is 1.79. The van der Waals surface area contributed by atoms with Crippen LogP contribution in [0.2, 0.25) is 0 Å². The molecule has 1 aliphatic rings. The van der Waals surface area contributed by atoms with Gasteiger partial charge < -0.3 is 9.84 Å². The number of Topliss-reactive ketones (excluding diaryl/α,β-unsaturated/α-hetero) is 1. The molecule has 1 unspecified atom stereocenters. The number of carbonyl (C=O) groups is 1. The lowest BCUT2D eigenvalue weighted by atomic mass is 10.0. The maximum Gasteiger partial charge on any atom is 0.573 e. The van der Waals surface area contributed by atoms with E-state index in [2.05, 4.69) is 4.74 Å². The zero-order chi connectivity index (χ0) is 14.0. The van der Waals surface area contributed by atoms with Gasteiger partial charge in [0.25, 0.3) is 0 Å². The summed E-state index contributed by atoms with van der Waals surface area (Å²) in [4.78, 5) is 11.6. The average Bonchev–Trinajstić information content (AvgIpc) is 3.12. The predicted molar refractivity (Wildman–Crippen MR) is 60.6 cm³/mol. The number of ether oxygens (including phenoxy) is 1. The van der Waals surface area contributed by atoms with Crippen LogP contribution in [0.1, 0.15) is 18.4 Å². The van der Waals surface area contributed by atoms with E-state index in [0.717, 1.165) is 25.0 Å². The van der Waals surface area contributed by atoms with Crippen LogP contribution >= 0.6 is 0 Å². The molecule has 2 rings (SSSR count). The molecule has 1 aromatic rings. The Morgan fingerprint density at radius 1 is 1.32 bits per heavy atom. The van der Waals surface area contributed by atoms with Gasteiger partial charge in [-0.1, -0.05) is 12.1 Å². The normalized spacial score (nSPS) is 17.1. The van der Waals surface area contributed by atoms with Gasteiger partial charge in [-0.3, -0.25) is 4.79 Å². The number of aliphatic hydroxyl groups excluding tert-OH is 1. The van der Waals surface area contributed by atoms with Crippen molar-refractivity contribution in [3.63, 3.8) is 0 Å². The van der Waals surface area contributed by atoms with Gasteiger partial charge in [0, 0.05) is 6.42 Å². The third kappa shape index (κ3) is 4.24. The molecule has 0 heterocycles. The third-order valence-electron chi connectivity index (χ3n) is 2.93. The summed E-state index contributed by atoms with van der Waals surface area (Å²) in [5.74, 6) is -0.571. The van der Waals surface area contributed by atoms with E-state index < -0.39 is 12.5 Å². The van der Waals surface area contributed by atoms with Crippen molar-refractivity contribution >= 4 is 5.78 Å². The predicted octanol–water partition coefficient (Wildman–Crippen LogP) is 2.47. The molecule has 0 spiro atoms. The molecule has 0 aliphatic heterocycles. The molecule has 0 saturated heterocycles. The molecular weight excluding hydrogens is 261 g/mol. The Morgan fingerprint density at radius 3 is 2.37 bits per heavy atom. The number of rotatable bonds is 5. The Kier molecular flexibility index (Phi) is 3.80. The maximum absolute atomic E-state index is 11.9. The number of ketones is 1. The molecule has 1 atom stereocenters. The van der Waals surface area contributed by atoms with Crippen molar-refractivity contribution < 1.29 is 27.8 Å². The van der Waals surface area contributed by atoms with Gasteiger partial charge in [0.15, 0.2) is 5.78 Å². The second-order valence-electron chi connectivity index (χ2n) is 4.62. The summed E-state index contributed by atoms with van der Waals surface area (Å²) >= 11 is 0. The molecule has 1 N–H and O–H groups in total. The van der Waals surface area contributed by atoms with E-state index in [0.29, 0.717) is 5.56 Å². The van der Waals surface area contributed by atoms with E-state index in [9.17, 15) is 23.1 Å². The zero-order valence-corrected chi connectivity index (χ0v) is 9.98. The Balaban J connectivity index is 1.92. The molecule has 0 amide bonds. The highest BCUT2D eigenvalue weighted by Crippen LogP contribution is 2.33. The summed E-state index contributed by atoms with van der Waals surface area (Å²) in [6.45, 7) is 0. The van der Waals surface area contributed by atoms with Crippen molar-refractivity contribution in [2.75, 3.05) is 0 Å². The first-order valence-corrected chi connectivity index (χ1v) is 5.90. The van der Waals surface area contributed by atoms with E-state index in [1.54, 1.807) is 0 Å². The van der Waals surface area contributed by atoms with Gasteiger partial charge in [-0.25, -0.2) is 0 Å². The standard InChI is InChI=1S/C13H13F3O3/c14-13(15,16)19-10-5-1-8(2-6-10)7-11(17)12(18)9-3-4-9/h1-2,5-6,9,12,18H,3-4,7H2. The van der Waals surface area contributed by atoms with Crippen LogP contribution in [0.5, 0.6) is 5.75 Å². The number of carbonyl (C=O) groups excluding carboxylic acids is 1. The molecule has 1 fully saturated rings. The summed E-state index contributed by atoms with van der Waals surface area (Å²) in [7, 11) is 0. The van der Waals surface area contributed by atoms with Crippen LogP contribution in [0.3, 0.4) is 0 Å². The van der Waals surface area contributed by atoms with Gasteiger partial charge in [0.05, 0.1) is 0 Å². The molecule has 0 bridgehead atoms. The number of benzene rings is 1. The van der Waals surface area contributed by atoms with Crippen LogP contribution in [0.4, 0.5) is 13.2 Å². The highest BCUT2D eigenvalue weighted by molar-refractivity contribution is 5.85. The summed E-state index contributed by atoms with van der Waals surface area (Å²) in [6, 6.07) is 5.08. The molecule has 0 radical (unpaired) electrons. The summed E-state index contributed by atoms with van der Waals surface area (Å²) in [5.41, 5.74) is 0.555. The highest BCUT2D eigenvalue weighted by Gasteiger charge is 2.34. The van der Waals surface area contributed by atoms with Gasteiger partial charge in [0.1, 0.15) is 11.9 Å². The van der Waals surface area contributed by atoms with Crippen LogP contribution < -0.4 is 4.74 Å². The Labute approximate surface area is 108 Å². The molecule has 3 nitrogen and oxygen atoms in total. The minimum atomic E-state index is -4.72. The van der Waals surface area contributed by atoms with Gasteiger partial charge in [-0.05, 0) is 36.5 Å². The van der Waals surface area contributed by atoms with Crippen molar-refractivity contribution in [1.29, 1.82) is 0 Å². The van der Waals surface area contributed by atoms with Gasteiger partial charge in [-0.2, -0.15) is 0 Å². The lowest BCUT2D eigenvalue weighted by Gasteiger charge is -2.10. The largest absolute Gasteiger partial charge is 0.573 e. The number of hydrogen-bond acceptors (Lipinski definition) is 3. The second-order valence-corrected chi connectivity index (χ2v) is 4.62. The minimum Gasteiger partial charge on any atom is -0.406 e. The summed E-state index contributed by atoms with van der Waals surface area (Å²) in [5, 5.41) is 9.60. The van der Waals surface area contributed by atoms with Crippen LogP contribution in [0.25, 0.3) is 0 Å². The molecule has 104 valence electrons. The first-order valence-electron chi connectivity index (χ1n) is 5.90. The lowest BCUT2D eigenvalue weighted by molar-refractivity contribution is -0.274. The van der Waals surface area contributed by atoms with Crippen molar-refractivity contribution in [3.05, 3.63) is 29.8 Å². The third-order valence-corrected chi connectivity index (χ3v) is 2.93. The zero-order valence-electron chi connectivity index (χ0n) is 9.98. The molecule has 1 saturated carbocycles. The quantitative estimate of drug-likeness (QED) is 0.897. The number of halogens is 3. The van der Waals surface area contributed by atoms with E-state index in [1.807, 2.05) is 0 Å². The number of hydrogen-bond donors (Lipinski definition) is 1. The average molecular weight is 274 g/mol. The SMILES string of the molecule is O=C(Cc1ccc(OC(F)(F)F)cc1)C(O)C1CC1. The van der Waals surface area contributed by atoms with Crippen LogP contribution in [0, 0.1) is 5.92 Å². The van der Waals surface area contributed by atoms with Crippen molar-refractivity contribution in [3.8, 4) is 5.75 Å². The molecule has 0 aromatic heterocycles. The fraction of sp³-hybridized carbons (Fsp3) is 0.462. The molecular formula is C13H13F3O3. The van der Waals surface area contributed by atoms with Gasteiger partial charge in [-0.15, -0.1) is 13.2 Å². The van der Waals surface area contributed by atoms with Crippen molar-refractivity contribution in [2.24, 2.45) is 5.92 Å². The molecule has 1 aromatic carbocycles. The van der Waals surface area contributed by atoms with Crippen molar-refractivity contribution in [1.82, 2.24) is 0 Å². The van der Waals surface area contributed by atoms with Crippen molar-refractivity contribution in [2.45, 2.75) is 31.7 Å². The first-order chi connectivity index (χ1) is 8.85. The van der Waals surface area contributed by atoms with Crippen LogP contribution in [0.15, 0.2) is 24.3 Å². The van der Waals surface area contributed by atoms with Crippen LogP contribution in [-0.2, 0) is 11.2 Å². The Bertz CT molecular complexity index is 449. The summed E-state index contributed by atoms with van der Waals surface area (Å²) < 4.78 is 39.6. The maximum atomic E-state index is 11.9. The molecule has 6 heteroatoms. The smallest absolute Gasteiger partial charge is 0.406 e. The van der Waals surface area contributed by atoms with Gasteiger partial charge in [0.2, 0.25) is 0 Å². The van der Waals surface area contributed by atoms with Crippen LogP contribution in [-0.4, -0.2) is 23.4 Å². The Hall–Kier alpha value is -1.56. The van der Waals surface area contributed by atoms with E-state index >= 15 is 0 Å². The number of alkyl halides is 3. The molecule has 1 aliphatic carbocycles.